The smallest absolute Gasteiger partial charge is 0.263 e. The van der Waals surface area contributed by atoms with Crippen molar-refractivity contribution >= 4 is 16.9 Å². The van der Waals surface area contributed by atoms with Crippen LogP contribution in [0.15, 0.2) is 89.7 Å². The molecule has 0 bridgehead atoms. The summed E-state index contributed by atoms with van der Waals surface area (Å²) < 4.78 is 1.79. The first-order valence-electron chi connectivity index (χ1n) is 11.3. The van der Waals surface area contributed by atoms with E-state index in [9.17, 15) is 4.79 Å². The molecule has 32 heavy (non-hydrogen) atoms. The second kappa shape index (κ2) is 9.37. The summed E-state index contributed by atoms with van der Waals surface area (Å²) in [6, 6.07) is 28.6. The predicted octanol–water partition coefficient (Wildman–Crippen LogP) is 4.52. The Kier molecular flexibility index (Phi) is 5.99. The van der Waals surface area contributed by atoms with Gasteiger partial charge in [-0.25, -0.2) is 4.98 Å². The summed E-state index contributed by atoms with van der Waals surface area (Å²) >= 11 is 0. The first kappa shape index (κ1) is 20.5. The number of fused-ring (bicyclic) bond motifs is 1. The molecular weight excluding hydrogens is 396 g/mol. The molecule has 1 saturated heterocycles. The summed E-state index contributed by atoms with van der Waals surface area (Å²) in [6.45, 7) is 3.55. The van der Waals surface area contributed by atoms with Crippen LogP contribution in [-0.2, 0) is 13.1 Å². The maximum atomic E-state index is 13.3. The van der Waals surface area contributed by atoms with Gasteiger partial charge >= 0.3 is 0 Å². The number of rotatable bonds is 6. The van der Waals surface area contributed by atoms with Crippen LogP contribution >= 0.6 is 0 Å². The topological polar surface area (TPSA) is 50.2 Å². The Hall–Kier alpha value is -3.44. The highest BCUT2D eigenvalue weighted by atomic mass is 16.1. The second-order valence-electron chi connectivity index (χ2n) is 8.51. The molecule has 0 radical (unpaired) electrons. The van der Waals surface area contributed by atoms with E-state index in [2.05, 4.69) is 40.5 Å². The van der Waals surface area contributed by atoms with E-state index in [4.69, 9.17) is 4.98 Å². The molecule has 162 valence electrons. The van der Waals surface area contributed by atoms with Gasteiger partial charge in [0.05, 0.1) is 17.4 Å². The fourth-order valence-electron chi connectivity index (χ4n) is 4.45. The van der Waals surface area contributed by atoms with Crippen molar-refractivity contribution in [1.82, 2.24) is 14.5 Å². The Balaban J connectivity index is 1.35. The molecule has 1 aliphatic rings. The number of likely N-dealkylation sites (tertiary alicyclic amines) is 1. The molecule has 1 aliphatic heterocycles. The Bertz CT molecular complexity index is 1230. The zero-order chi connectivity index (χ0) is 21.8. The standard InChI is InChI=1S/C27H28N4O/c32-26-24-13-7-8-14-25(24)29-27(31(26)20-22-11-5-2-6-12-22)28-23-15-17-30(18-16-23)19-21-9-3-1-4-10-21/h1-14,23H,15-20H2,(H,28,29). The maximum absolute atomic E-state index is 13.3. The molecule has 0 aliphatic carbocycles. The molecule has 3 aromatic carbocycles. The Labute approximate surface area is 188 Å². The summed E-state index contributed by atoms with van der Waals surface area (Å²) in [5.41, 5.74) is 3.19. The van der Waals surface area contributed by atoms with Gasteiger partial charge in [-0.05, 0) is 36.1 Å². The number of anilines is 1. The lowest BCUT2D eigenvalue weighted by Gasteiger charge is -2.33. The molecule has 0 saturated carbocycles. The van der Waals surface area contributed by atoms with E-state index >= 15 is 0 Å². The van der Waals surface area contributed by atoms with E-state index in [0.29, 0.717) is 23.9 Å². The van der Waals surface area contributed by atoms with Gasteiger partial charge in [-0.15, -0.1) is 0 Å². The first-order chi connectivity index (χ1) is 15.8. The maximum Gasteiger partial charge on any atom is 0.263 e. The van der Waals surface area contributed by atoms with E-state index in [0.717, 1.165) is 43.6 Å². The van der Waals surface area contributed by atoms with Crippen LogP contribution in [0.4, 0.5) is 5.95 Å². The third kappa shape index (κ3) is 4.58. The van der Waals surface area contributed by atoms with Gasteiger partial charge in [0.15, 0.2) is 0 Å². The van der Waals surface area contributed by atoms with Gasteiger partial charge in [-0.2, -0.15) is 0 Å². The number of para-hydroxylation sites is 1. The SMILES string of the molecule is O=c1c2ccccc2nc(NC2CCN(Cc3ccccc3)CC2)n1Cc1ccccc1. The highest BCUT2D eigenvalue weighted by molar-refractivity contribution is 5.78. The minimum Gasteiger partial charge on any atom is -0.353 e. The van der Waals surface area contributed by atoms with Crippen molar-refractivity contribution in [2.75, 3.05) is 18.4 Å². The molecule has 1 N–H and O–H groups in total. The summed E-state index contributed by atoms with van der Waals surface area (Å²) in [6.07, 6.45) is 2.06. The molecule has 5 rings (SSSR count). The zero-order valence-electron chi connectivity index (χ0n) is 18.2. The summed E-state index contributed by atoms with van der Waals surface area (Å²) in [5, 5.41) is 4.27. The second-order valence-corrected chi connectivity index (χ2v) is 8.51. The molecule has 2 heterocycles. The quantitative estimate of drug-likeness (QED) is 0.494. The zero-order valence-corrected chi connectivity index (χ0v) is 18.2. The monoisotopic (exact) mass is 424 g/mol. The third-order valence-electron chi connectivity index (χ3n) is 6.21. The van der Waals surface area contributed by atoms with Gasteiger partial charge in [0.25, 0.3) is 5.56 Å². The normalized spacial score (nSPS) is 15.1. The number of hydrogen-bond donors (Lipinski definition) is 1. The Morgan fingerprint density at radius 3 is 2.06 bits per heavy atom. The minimum absolute atomic E-state index is 0.00321. The molecule has 0 amide bonds. The Morgan fingerprint density at radius 2 is 1.38 bits per heavy atom. The van der Waals surface area contributed by atoms with Crippen LogP contribution in [0.2, 0.25) is 0 Å². The molecule has 0 unspecified atom stereocenters. The highest BCUT2D eigenvalue weighted by Gasteiger charge is 2.21. The lowest BCUT2D eigenvalue weighted by atomic mass is 10.0. The number of nitrogens with one attached hydrogen (secondary N) is 1. The van der Waals surface area contributed by atoms with Crippen LogP contribution < -0.4 is 10.9 Å². The first-order valence-corrected chi connectivity index (χ1v) is 11.3. The molecule has 0 atom stereocenters. The van der Waals surface area contributed by atoms with Crippen LogP contribution in [0.25, 0.3) is 10.9 Å². The van der Waals surface area contributed by atoms with Crippen molar-refractivity contribution in [3.05, 3.63) is 106 Å². The Morgan fingerprint density at radius 1 is 0.781 bits per heavy atom. The van der Waals surface area contributed by atoms with Crippen LogP contribution in [0, 0.1) is 0 Å². The fraction of sp³-hybridized carbons (Fsp3) is 0.259. The van der Waals surface area contributed by atoms with E-state index < -0.39 is 0 Å². The highest BCUT2D eigenvalue weighted by Crippen LogP contribution is 2.19. The van der Waals surface area contributed by atoms with Gasteiger partial charge < -0.3 is 5.32 Å². The van der Waals surface area contributed by atoms with Crippen molar-refractivity contribution < 1.29 is 0 Å². The van der Waals surface area contributed by atoms with Gasteiger partial charge in [0, 0.05) is 25.7 Å². The molecule has 5 heteroatoms. The summed E-state index contributed by atoms with van der Waals surface area (Å²) in [5.74, 6) is 0.666. The van der Waals surface area contributed by atoms with Crippen LogP contribution in [0.5, 0.6) is 0 Å². The molecule has 4 aromatic rings. The number of hydrogen-bond acceptors (Lipinski definition) is 4. The summed E-state index contributed by atoms with van der Waals surface area (Å²) in [4.78, 5) is 20.7. The van der Waals surface area contributed by atoms with Gasteiger partial charge in [-0.3, -0.25) is 14.3 Å². The third-order valence-corrected chi connectivity index (χ3v) is 6.21. The van der Waals surface area contributed by atoms with Crippen LogP contribution in [0.1, 0.15) is 24.0 Å². The molecule has 0 spiro atoms. The lowest BCUT2D eigenvalue weighted by Crippen LogP contribution is -2.40. The number of aromatic nitrogens is 2. The van der Waals surface area contributed by atoms with Crippen LogP contribution in [-0.4, -0.2) is 33.6 Å². The van der Waals surface area contributed by atoms with E-state index in [1.807, 2.05) is 54.6 Å². The summed E-state index contributed by atoms with van der Waals surface area (Å²) in [7, 11) is 0. The lowest BCUT2D eigenvalue weighted by molar-refractivity contribution is 0.211. The van der Waals surface area contributed by atoms with Crippen molar-refractivity contribution in [3.8, 4) is 0 Å². The van der Waals surface area contributed by atoms with Crippen LogP contribution in [0.3, 0.4) is 0 Å². The van der Waals surface area contributed by atoms with Crippen molar-refractivity contribution in [1.29, 1.82) is 0 Å². The number of piperidine rings is 1. The van der Waals surface area contributed by atoms with E-state index in [1.165, 1.54) is 5.56 Å². The largest absolute Gasteiger partial charge is 0.353 e. The minimum atomic E-state index is 0.00321. The molecule has 1 fully saturated rings. The predicted molar refractivity (Wildman–Crippen MR) is 130 cm³/mol. The van der Waals surface area contributed by atoms with E-state index in [1.54, 1.807) is 4.57 Å². The number of benzene rings is 3. The van der Waals surface area contributed by atoms with Crippen molar-refractivity contribution in [3.63, 3.8) is 0 Å². The number of nitrogens with zero attached hydrogens (tertiary/aromatic N) is 3. The van der Waals surface area contributed by atoms with Gasteiger partial charge in [0.1, 0.15) is 0 Å². The van der Waals surface area contributed by atoms with Crippen molar-refractivity contribution in [2.45, 2.75) is 32.0 Å². The van der Waals surface area contributed by atoms with Gasteiger partial charge in [-0.1, -0.05) is 72.8 Å². The average molecular weight is 425 g/mol. The van der Waals surface area contributed by atoms with Crippen molar-refractivity contribution in [2.24, 2.45) is 0 Å². The van der Waals surface area contributed by atoms with Gasteiger partial charge in [0.2, 0.25) is 5.95 Å². The molecule has 1 aromatic heterocycles. The molecular formula is C27H28N4O. The fourth-order valence-corrected chi connectivity index (χ4v) is 4.45. The molecule has 5 nitrogen and oxygen atoms in total. The average Bonchev–Trinajstić information content (AvgIpc) is 2.84. The van der Waals surface area contributed by atoms with E-state index in [-0.39, 0.29) is 5.56 Å².